The minimum atomic E-state index is -0.392. The molecule has 3 rings (SSSR count). The summed E-state index contributed by atoms with van der Waals surface area (Å²) in [6.45, 7) is 3.58. The lowest BCUT2D eigenvalue weighted by Crippen LogP contribution is -2.15. The van der Waals surface area contributed by atoms with Crippen molar-refractivity contribution >= 4 is 56.7 Å². The number of thioether (sulfide) groups is 1. The number of aromatic nitrogens is 2. The molecule has 0 saturated carbocycles. The summed E-state index contributed by atoms with van der Waals surface area (Å²) >= 11 is 2.69. The van der Waals surface area contributed by atoms with E-state index in [2.05, 4.69) is 15.3 Å². The molecule has 2 heterocycles. The van der Waals surface area contributed by atoms with Gasteiger partial charge >= 0.3 is 5.97 Å². The van der Waals surface area contributed by atoms with E-state index < -0.39 is 5.97 Å². The maximum absolute atomic E-state index is 12.1. The van der Waals surface area contributed by atoms with Gasteiger partial charge in [0.1, 0.15) is 10.6 Å². The lowest BCUT2D eigenvalue weighted by atomic mass is 10.2. The highest BCUT2D eigenvalue weighted by molar-refractivity contribution is 7.99. The van der Waals surface area contributed by atoms with Crippen molar-refractivity contribution in [3.63, 3.8) is 0 Å². The number of nitrogens with zero attached hydrogens (tertiary/aromatic N) is 2. The van der Waals surface area contributed by atoms with Gasteiger partial charge in [-0.2, -0.15) is 0 Å². The Labute approximate surface area is 164 Å². The third kappa shape index (κ3) is 4.95. The van der Waals surface area contributed by atoms with Gasteiger partial charge in [-0.15, -0.1) is 11.3 Å². The van der Waals surface area contributed by atoms with Gasteiger partial charge in [0, 0.05) is 5.69 Å². The van der Waals surface area contributed by atoms with Crippen LogP contribution in [-0.2, 0) is 9.53 Å². The smallest absolute Gasteiger partial charge is 0.338 e. The molecule has 0 spiro atoms. The van der Waals surface area contributed by atoms with Crippen LogP contribution in [0.3, 0.4) is 0 Å². The number of carbonyl (C=O) groups excluding carboxylic acids is 2. The molecule has 7 nitrogen and oxygen atoms in total. The Kier molecular flexibility index (Phi) is 5.92. The molecule has 3 aromatic rings. The number of rotatable bonds is 6. The predicted octanol–water partition coefficient (Wildman–Crippen LogP) is 3.57. The van der Waals surface area contributed by atoms with Crippen molar-refractivity contribution in [1.82, 2.24) is 9.97 Å². The minimum absolute atomic E-state index is 0.146. The summed E-state index contributed by atoms with van der Waals surface area (Å²) in [5, 5.41) is 5.96. The number of nitrogen functional groups attached to an aromatic ring is 1. The Morgan fingerprint density at radius 1 is 1.22 bits per heavy atom. The Bertz CT molecular complexity index is 970. The molecule has 3 N–H and O–H groups in total. The highest BCUT2D eigenvalue weighted by Gasteiger charge is 2.11. The number of anilines is 2. The Morgan fingerprint density at radius 2 is 1.96 bits per heavy atom. The largest absolute Gasteiger partial charge is 0.459 e. The molecule has 0 aliphatic carbocycles. The fourth-order valence-electron chi connectivity index (χ4n) is 2.22. The van der Waals surface area contributed by atoms with Crippen molar-refractivity contribution in [2.45, 2.75) is 25.1 Å². The van der Waals surface area contributed by atoms with Crippen LogP contribution in [0.1, 0.15) is 24.2 Å². The first-order chi connectivity index (χ1) is 12.9. The summed E-state index contributed by atoms with van der Waals surface area (Å²) in [5.74, 6) is -0.0379. The highest BCUT2D eigenvalue weighted by Crippen LogP contribution is 2.26. The van der Waals surface area contributed by atoms with Crippen LogP contribution in [-0.4, -0.2) is 33.7 Å². The number of esters is 1. The lowest BCUT2D eigenvalue weighted by molar-refractivity contribution is -0.113. The van der Waals surface area contributed by atoms with Crippen LogP contribution in [0.2, 0.25) is 0 Å². The molecule has 0 bridgehead atoms. The molecular weight excluding hydrogens is 384 g/mol. The Balaban J connectivity index is 1.56. The van der Waals surface area contributed by atoms with Crippen LogP contribution in [0.5, 0.6) is 0 Å². The van der Waals surface area contributed by atoms with E-state index in [9.17, 15) is 9.59 Å². The Hall–Kier alpha value is -2.65. The monoisotopic (exact) mass is 402 g/mol. The molecular formula is C18H18N4O3S2. The van der Waals surface area contributed by atoms with Crippen molar-refractivity contribution in [2.75, 3.05) is 16.8 Å². The van der Waals surface area contributed by atoms with E-state index in [0.717, 1.165) is 10.2 Å². The number of benzene rings is 1. The van der Waals surface area contributed by atoms with Crippen molar-refractivity contribution < 1.29 is 14.3 Å². The fourth-order valence-corrected chi connectivity index (χ4v) is 3.70. The molecule has 27 heavy (non-hydrogen) atoms. The molecule has 0 fully saturated rings. The van der Waals surface area contributed by atoms with Gasteiger partial charge in [0.25, 0.3) is 0 Å². The number of hydrogen-bond acceptors (Lipinski definition) is 8. The fraction of sp³-hybridized carbons (Fsp3) is 0.222. The molecule has 1 aromatic carbocycles. The second kappa shape index (κ2) is 8.36. The first-order valence-electron chi connectivity index (χ1n) is 8.17. The summed E-state index contributed by atoms with van der Waals surface area (Å²) in [4.78, 5) is 33.4. The van der Waals surface area contributed by atoms with Gasteiger partial charge < -0.3 is 15.8 Å². The number of amides is 1. The lowest BCUT2D eigenvalue weighted by Gasteiger charge is -2.09. The maximum Gasteiger partial charge on any atom is 0.338 e. The van der Waals surface area contributed by atoms with Crippen molar-refractivity contribution in [2.24, 2.45) is 0 Å². The molecule has 0 aliphatic rings. The summed E-state index contributed by atoms with van der Waals surface area (Å²) in [7, 11) is 0. The third-order valence-corrected chi connectivity index (χ3v) is 5.07. The number of hydrogen-bond donors (Lipinski definition) is 2. The van der Waals surface area contributed by atoms with Crippen LogP contribution in [0, 0.1) is 0 Å². The van der Waals surface area contributed by atoms with Gasteiger partial charge in [0.15, 0.2) is 5.16 Å². The molecule has 0 atom stereocenters. The van der Waals surface area contributed by atoms with Crippen LogP contribution in [0.4, 0.5) is 11.5 Å². The number of fused-ring (bicyclic) bond motifs is 1. The van der Waals surface area contributed by atoms with Crippen molar-refractivity contribution in [1.29, 1.82) is 0 Å². The maximum atomic E-state index is 12.1. The third-order valence-electron chi connectivity index (χ3n) is 3.41. The quantitative estimate of drug-likeness (QED) is 0.369. The summed E-state index contributed by atoms with van der Waals surface area (Å²) in [6.07, 6.45) is -0.182. The average molecular weight is 403 g/mol. The van der Waals surface area contributed by atoms with E-state index >= 15 is 0 Å². The van der Waals surface area contributed by atoms with Crippen LogP contribution < -0.4 is 11.1 Å². The zero-order chi connectivity index (χ0) is 19.4. The molecule has 1 amide bonds. The number of ether oxygens (including phenoxy) is 1. The number of carbonyl (C=O) groups is 2. The highest BCUT2D eigenvalue weighted by atomic mass is 32.2. The van der Waals surface area contributed by atoms with Crippen molar-refractivity contribution in [3.05, 3.63) is 41.3 Å². The molecule has 0 saturated heterocycles. The van der Waals surface area contributed by atoms with Crippen LogP contribution >= 0.6 is 23.1 Å². The standard InChI is InChI=1S/C18H18N4O3S2/c1-10(2)25-17(24)11-3-5-12(6-4-11)20-14(23)9-27-18-21-15(19)13-7-8-26-16(13)22-18/h3-8,10H,9H2,1-2H3,(H,20,23)(H2,19,21,22). The minimum Gasteiger partial charge on any atom is -0.459 e. The van der Waals surface area contributed by atoms with Crippen LogP contribution in [0.15, 0.2) is 40.9 Å². The van der Waals surface area contributed by atoms with E-state index in [4.69, 9.17) is 10.5 Å². The summed E-state index contributed by atoms with van der Waals surface area (Å²) in [5.41, 5.74) is 6.93. The van der Waals surface area contributed by atoms with E-state index in [1.165, 1.54) is 23.1 Å². The van der Waals surface area contributed by atoms with E-state index in [0.29, 0.717) is 22.2 Å². The molecule has 0 aliphatic heterocycles. The molecule has 2 aromatic heterocycles. The number of nitrogens with one attached hydrogen (secondary N) is 1. The van der Waals surface area contributed by atoms with Gasteiger partial charge in [0.05, 0.1) is 22.8 Å². The van der Waals surface area contributed by atoms with Crippen molar-refractivity contribution in [3.8, 4) is 0 Å². The normalized spacial score (nSPS) is 10.9. The van der Waals surface area contributed by atoms with E-state index in [1.807, 2.05) is 11.4 Å². The SMILES string of the molecule is CC(C)OC(=O)c1ccc(NC(=O)CSc2nc(N)c3ccsc3n2)cc1. The zero-order valence-electron chi connectivity index (χ0n) is 14.8. The summed E-state index contributed by atoms with van der Waals surface area (Å²) in [6, 6.07) is 8.42. The summed E-state index contributed by atoms with van der Waals surface area (Å²) < 4.78 is 5.13. The van der Waals surface area contributed by atoms with Gasteiger partial charge in [-0.1, -0.05) is 11.8 Å². The predicted molar refractivity (Wildman–Crippen MR) is 108 cm³/mol. The Morgan fingerprint density at radius 3 is 2.67 bits per heavy atom. The molecule has 0 radical (unpaired) electrons. The molecule has 140 valence electrons. The second-order valence-corrected chi connectivity index (χ2v) is 7.74. The van der Waals surface area contributed by atoms with Gasteiger partial charge in [0.2, 0.25) is 5.91 Å². The topological polar surface area (TPSA) is 107 Å². The van der Waals surface area contributed by atoms with E-state index in [-0.39, 0.29) is 17.8 Å². The first kappa shape index (κ1) is 19.1. The zero-order valence-corrected chi connectivity index (χ0v) is 16.4. The van der Waals surface area contributed by atoms with Gasteiger partial charge in [-0.3, -0.25) is 4.79 Å². The van der Waals surface area contributed by atoms with Gasteiger partial charge in [-0.05, 0) is 49.6 Å². The van der Waals surface area contributed by atoms with Gasteiger partial charge in [-0.25, -0.2) is 14.8 Å². The van der Waals surface area contributed by atoms with E-state index in [1.54, 1.807) is 38.1 Å². The molecule has 9 heteroatoms. The second-order valence-electron chi connectivity index (χ2n) is 5.90. The number of thiophene rings is 1. The molecule has 0 unspecified atom stereocenters. The average Bonchev–Trinajstić information content (AvgIpc) is 3.09. The first-order valence-corrected chi connectivity index (χ1v) is 10.0. The van der Waals surface area contributed by atoms with Crippen LogP contribution in [0.25, 0.3) is 10.2 Å². The number of nitrogens with two attached hydrogens (primary N) is 1.